The summed E-state index contributed by atoms with van der Waals surface area (Å²) in [6, 6.07) is -1.96. The average molecular weight is 592 g/mol. The molecule has 6 atom stereocenters. The average Bonchev–Trinajstić information content (AvgIpc) is 2.84. The molecule has 0 fully saturated rings. The SMILES string of the molecule is C[C@H](N)C(=O)N[C@H](C(=O)N[C@@H](Cc1ccc(O)cc1)C(=O)N[C@@H](CO)C(=O)N[C@@H](C)C(=O)O)[C@@H](C)OP(=O)(O)O. The van der Waals surface area contributed by atoms with E-state index in [9.17, 15) is 38.8 Å². The van der Waals surface area contributed by atoms with E-state index in [0.717, 1.165) is 13.8 Å². The van der Waals surface area contributed by atoms with Crippen LogP contribution in [0.4, 0.5) is 0 Å². The Bertz CT molecular complexity index is 1110. The molecule has 224 valence electrons. The zero-order valence-electron chi connectivity index (χ0n) is 21.8. The Labute approximate surface area is 228 Å². The van der Waals surface area contributed by atoms with Crippen molar-refractivity contribution in [3.63, 3.8) is 0 Å². The Kier molecular flexibility index (Phi) is 13.1. The van der Waals surface area contributed by atoms with Gasteiger partial charge in [0.1, 0.15) is 29.9 Å². The van der Waals surface area contributed by atoms with E-state index in [1.165, 1.54) is 31.2 Å². The number of carboxylic acids is 1. The molecule has 0 aliphatic heterocycles. The van der Waals surface area contributed by atoms with Crippen LogP contribution in [0.5, 0.6) is 5.75 Å². The highest BCUT2D eigenvalue weighted by molar-refractivity contribution is 7.46. The minimum absolute atomic E-state index is 0.0968. The van der Waals surface area contributed by atoms with Gasteiger partial charge in [0.15, 0.2) is 0 Å². The lowest BCUT2D eigenvalue weighted by Gasteiger charge is -2.28. The highest BCUT2D eigenvalue weighted by atomic mass is 31.2. The zero-order valence-corrected chi connectivity index (χ0v) is 22.7. The number of carbonyl (C=O) groups is 5. The van der Waals surface area contributed by atoms with Gasteiger partial charge < -0.3 is 52.1 Å². The number of phenolic OH excluding ortho intramolecular Hbond substituents is 1. The highest BCUT2D eigenvalue weighted by Crippen LogP contribution is 2.38. The Morgan fingerprint density at radius 2 is 1.40 bits per heavy atom. The summed E-state index contributed by atoms with van der Waals surface area (Å²) in [6.45, 7) is 2.58. The predicted octanol–water partition coefficient (Wildman–Crippen LogP) is -3.18. The topological polar surface area (TPSA) is 287 Å². The monoisotopic (exact) mass is 591 g/mol. The van der Waals surface area contributed by atoms with Gasteiger partial charge in [0.25, 0.3) is 0 Å². The van der Waals surface area contributed by atoms with Crippen molar-refractivity contribution >= 4 is 37.4 Å². The number of amides is 4. The van der Waals surface area contributed by atoms with Crippen LogP contribution >= 0.6 is 7.82 Å². The number of hydrogen-bond donors (Lipinski definition) is 10. The highest BCUT2D eigenvalue weighted by Gasteiger charge is 2.36. The second-order valence-electron chi connectivity index (χ2n) is 8.82. The van der Waals surface area contributed by atoms with E-state index in [4.69, 9.17) is 20.6 Å². The van der Waals surface area contributed by atoms with Gasteiger partial charge in [-0.2, -0.15) is 0 Å². The van der Waals surface area contributed by atoms with Crippen LogP contribution in [0.1, 0.15) is 26.3 Å². The van der Waals surface area contributed by atoms with Crippen LogP contribution in [0.2, 0.25) is 0 Å². The van der Waals surface area contributed by atoms with Crippen molar-refractivity contribution in [3.8, 4) is 5.75 Å². The number of hydrogen-bond acceptors (Lipinski definition) is 10. The Morgan fingerprint density at radius 3 is 1.88 bits per heavy atom. The second-order valence-corrected chi connectivity index (χ2v) is 10.0. The van der Waals surface area contributed by atoms with Crippen LogP contribution < -0.4 is 27.0 Å². The number of benzene rings is 1. The molecule has 0 saturated heterocycles. The van der Waals surface area contributed by atoms with E-state index in [2.05, 4.69) is 25.8 Å². The maximum atomic E-state index is 13.2. The smallest absolute Gasteiger partial charge is 0.469 e. The van der Waals surface area contributed by atoms with Crippen LogP contribution in [0.3, 0.4) is 0 Å². The summed E-state index contributed by atoms with van der Waals surface area (Å²) in [6.07, 6.45) is -1.88. The van der Waals surface area contributed by atoms with Crippen molar-refractivity contribution in [2.24, 2.45) is 5.73 Å². The Morgan fingerprint density at radius 1 is 0.875 bits per heavy atom. The molecule has 1 rings (SSSR count). The van der Waals surface area contributed by atoms with E-state index in [1.54, 1.807) is 0 Å². The number of aliphatic hydroxyl groups is 1. The summed E-state index contributed by atoms with van der Waals surface area (Å²) >= 11 is 0. The number of rotatable bonds is 15. The standard InChI is InChI=1S/C22H34N5O12P/c1-10(23)18(30)27-17(12(3)39-40(36,37)38)21(33)25-15(8-13-4-6-14(29)7-5-13)19(31)26-16(9-28)20(32)24-11(2)22(34)35/h4-7,10-12,15-17,28-29H,8-9,23H2,1-3H3,(H,24,32)(H,25,33)(H,26,31)(H,27,30)(H,34,35)(H2,36,37,38)/t10-,11-,12+,15-,16-,17-/m0/s1. The minimum atomic E-state index is -5.13. The molecule has 0 aliphatic carbocycles. The molecule has 0 unspecified atom stereocenters. The lowest BCUT2D eigenvalue weighted by Crippen LogP contribution is -2.61. The van der Waals surface area contributed by atoms with E-state index in [-0.39, 0.29) is 12.2 Å². The van der Waals surface area contributed by atoms with Crippen LogP contribution in [-0.2, 0) is 39.5 Å². The molecular formula is C22H34N5O12P. The Balaban J connectivity index is 3.28. The number of phosphoric acid groups is 1. The molecule has 0 saturated carbocycles. The van der Waals surface area contributed by atoms with Crippen LogP contribution in [-0.4, -0.2) is 97.6 Å². The van der Waals surface area contributed by atoms with Crippen molar-refractivity contribution in [2.45, 2.75) is 63.5 Å². The summed E-state index contributed by atoms with van der Waals surface area (Å²) in [5.74, 6) is -5.55. The summed E-state index contributed by atoms with van der Waals surface area (Å²) < 4.78 is 15.9. The third-order valence-corrected chi connectivity index (χ3v) is 5.93. The number of aliphatic hydroxyl groups excluding tert-OH is 1. The van der Waals surface area contributed by atoms with E-state index >= 15 is 0 Å². The van der Waals surface area contributed by atoms with Gasteiger partial charge in [0.05, 0.1) is 18.8 Å². The molecule has 1 aromatic rings. The largest absolute Gasteiger partial charge is 0.508 e. The molecule has 0 radical (unpaired) electrons. The van der Waals surface area contributed by atoms with Crippen molar-refractivity contribution in [1.29, 1.82) is 0 Å². The Hall–Kier alpha value is -3.60. The molecule has 0 aliphatic rings. The van der Waals surface area contributed by atoms with Crippen LogP contribution in [0.25, 0.3) is 0 Å². The number of carbonyl (C=O) groups excluding carboxylic acids is 4. The summed E-state index contributed by atoms with van der Waals surface area (Å²) in [7, 11) is -5.13. The van der Waals surface area contributed by atoms with Crippen molar-refractivity contribution in [3.05, 3.63) is 29.8 Å². The molecular weight excluding hydrogens is 557 g/mol. The molecule has 4 amide bonds. The molecule has 40 heavy (non-hydrogen) atoms. The van der Waals surface area contributed by atoms with E-state index < -0.39 is 80.3 Å². The van der Waals surface area contributed by atoms with Gasteiger partial charge in [-0.1, -0.05) is 12.1 Å². The van der Waals surface area contributed by atoms with Crippen molar-refractivity contribution in [1.82, 2.24) is 21.3 Å². The van der Waals surface area contributed by atoms with Crippen molar-refractivity contribution < 1.29 is 58.2 Å². The quantitative estimate of drug-likeness (QED) is 0.0901. The van der Waals surface area contributed by atoms with Crippen LogP contribution in [0, 0.1) is 0 Å². The summed E-state index contributed by atoms with van der Waals surface area (Å²) in [5.41, 5.74) is 5.91. The van der Waals surface area contributed by atoms with Gasteiger partial charge in [0.2, 0.25) is 23.6 Å². The molecule has 0 spiro atoms. The first-order valence-electron chi connectivity index (χ1n) is 11.8. The summed E-state index contributed by atoms with van der Waals surface area (Å²) in [4.78, 5) is 80.2. The van der Waals surface area contributed by atoms with Gasteiger partial charge in [-0.25, -0.2) is 4.57 Å². The van der Waals surface area contributed by atoms with Gasteiger partial charge in [0, 0.05) is 6.42 Å². The predicted molar refractivity (Wildman–Crippen MR) is 136 cm³/mol. The molecule has 11 N–H and O–H groups in total. The number of phosphoric ester groups is 1. The van der Waals surface area contributed by atoms with Crippen molar-refractivity contribution in [2.75, 3.05) is 6.61 Å². The number of phenols is 1. The first-order chi connectivity index (χ1) is 18.4. The number of aliphatic carboxylic acids is 1. The zero-order chi connectivity index (χ0) is 30.8. The molecule has 0 aromatic heterocycles. The first-order valence-corrected chi connectivity index (χ1v) is 13.3. The fourth-order valence-corrected chi connectivity index (χ4v) is 3.69. The normalized spacial score (nSPS) is 15.9. The van der Waals surface area contributed by atoms with E-state index in [1.807, 2.05) is 0 Å². The third kappa shape index (κ3) is 11.6. The lowest BCUT2D eigenvalue weighted by atomic mass is 10.0. The van der Waals surface area contributed by atoms with E-state index in [0.29, 0.717) is 5.56 Å². The fourth-order valence-electron chi connectivity index (χ4n) is 3.14. The third-order valence-electron chi connectivity index (χ3n) is 5.32. The summed E-state index contributed by atoms with van der Waals surface area (Å²) in [5, 5.41) is 36.9. The van der Waals surface area contributed by atoms with Gasteiger partial charge in [-0.05, 0) is 38.5 Å². The van der Waals surface area contributed by atoms with Gasteiger partial charge in [-0.15, -0.1) is 0 Å². The molecule has 17 nitrogen and oxygen atoms in total. The minimum Gasteiger partial charge on any atom is -0.508 e. The number of nitrogens with two attached hydrogens (primary N) is 1. The maximum Gasteiger partial charge on any atom is 0.469 e. The first kappa shape index (κ1) is 34.4. The number of nitrogens with one attached hydrogen (secondary N) is 4. The molecule has 1 aromatic carbocycles. The lowest BCUT2D eigenvalue weighted by molar-refractivity contribution is -0.142. The van der Waals surface area contributed by atoms with Crippen LogP contribution in [0.15, 0.2) is 24.3 Å². The van der Waals surface area contributed by atoms with Gasteiger partial charge in [-0.3, -0.25) is 28.5 Å². The molecule has 0 heterocycles. The second kappa shape index (κ2) is 15.3. The molecule has 18 heteroatoms. The van der Waals surface area contributed by atoms with Gasteiger partial charge >= 0.3 is 13.8 Å². The molecule has 0 bridgehead atoms. The fraction of sp³-hybridized carbons (Fsp3) is 0.500. The number of aromatic hydroxyl groups is 1. The maximum absolute atomic E-state index is 13.2. The number of carboxylic acid groups (broad SMARTS) is 1.